The minimum absolute atomic E-state index is 0.0101. The minimum atomic E-state index is 0.0101. The second kappa shape index (κ2) is 8.15. The highest BCUT2D eigenvalue weighted by Crippen LogP contribution is 2.22. The molecule has 122 valence electrons. The van der Waals surface area contributed by atoms with Crippen molar-refractivity contribution < 1.29 is 14.3 Å². The molecule has 0 bridgehead atoms. The normalized spacial score (nSPS) is 15.6. The Morgan fingerprint density at radius 3 is 2.55 bits per heavy atom. The summed E-state index contributed by atoms with van der Waals surface area (Å²) in [4.78, 5) is 16.2. The van der Waals surface area contributed by atoms with Crippen molar-refractivity contribution in [3.63, 3.8) is 0 Å². The summed E-state index contributed by atoms with van der Waals surface area (Å²) >= 11 is 0. The van der Waals surface area contributed by atoms with Gasteiger partial charge in [-0.05, 0) is 25.0 Å². The van der Waals surface area contributed by atoms with Crippen LogP contribution in [0.5, 0.6) is 5.75 Å². The predicted octanol–water partition coefficient (Wildman–Crippen LogP) is 1.47. The first-order valence-electron chi connectivity index (χ1n) is 7.81. The third-order valence-electron chi connectivity index (χ3n) is 4.03. The first-order chi connectivity index (χ1) is 10.6. The van der Waals surface area contributed by atoms with Crippen molar-refractivity contribution in [1.82, 2.24) is 9.80 Å². The summed E-state index contributed by atoms with van der Waals surface area (Å²) in [5, 5.41) is 0. The molecule has 1 fully saturated rings. The minimum Gasteiger partial charge on any atom is -0.483 e. The van der Waals surface area contributed by atoms with Crippen LogP contribution < -0.4 is 4.74 Å². The Kier molecular flexibility index (Phi) is 6.21. The fraction of sp³-hybridized carbons (Fsp3) is 0.588. The number of nitrogens with zero attached hydrogens (tertiary/aromatic N) is 2. The summed E-state index contributed by atoms with van der Waals surface area (Å²) < 4.78 is 11.0. The van der Waals surface area contributed by atoms with E-state index in [-0.39, 0.29) is 12.5 Å². The number of rotatable bonds is 6. The molecule has 0 saturated carbocycles. The molecule has 0 radical (unpaired) electrons. The molecular weight excluding hydrogens is 280 g/mol. The molecule has 0 N–H and O–H groups in total. The number of hydrogen-bond donors (Lipinski definition) is 0. The molecule has 1 saturated heterocycles. The van der Waals surface area contributed by atoms with Gasteiger partial charge in [-0.2, -0.15) is 0 Å². The standard InChI is InChI=1S/C17H26N2O3/c1-14-5-4-6-15(2)17(14)22-13-16(20)18(3)7-8-19-9-11-21-12-10-19/h4-6H,7-13H2,1-3H3. The van der Waals surface area contributed by atoms with Gasteiger partial charge < -0.3 is 14.4 Å². The van der Waals surface area contributed by atoms with Gasteiger partial charge in [0, 0.05) is 33.2 Å². The maximum absolute atomic E-state index is 12.2. The molecule has 0 spiro atoms. The molecular formula is C17H26N2O3. The van der Waals surface area contributed by atoms with E-state index in [1.807, 2.05) is 39.1 Å². The molecule has 22 heavy (non-hydrogen) atoms. The van der Waals surface area contributed by atoms with Crippen LogP contribution in [0.3, 0.4) is 0 Å². The van der Waals surface area contributed by atoms with Crippen LogP contribution in [0.1, 0.15) is 11.1 Å². The molecule has 1 aliphatic heterocycles. The lowest BCUT2D eigenvalue weighted by molar-refractivity contribution is -0.132. The number of carbonyl (C=O) groups excluding carboxylic acids is 1. The second-order valence-electron chi connectivity index (χ2n) is 5.78. The van der Waals surface area contributed by atoms with Crippen LogP contribution in [0.2, 0.25) is 0 Å². The third kappa shape index (κ3) is 4.71. The monoisotopic (exact) mass is 306 g/mol. The molecule has 0 aromatic heterocycles. The third-order valence-corrected chi connectivity index (χ3v) is 4.03. The van der Waals surface area contributed by atoms with E-state index < -0.39 is 0 Å². The number of hydrogen-bond acceptors (Lipinski definition) is 4. The van der Waals surface area contributed by atoms with Gasteiger partial charge in [-0.25, -0.2) is 0 Å². The Labute approximate surface area is 132 Å². The molecule has 0 unspecified atom stereocenters. The van der Waals surface area contributed by atoms with E-state index in [2.05, 4.69) is 4.90 Å². The summed E-state index contributed by atoms with van der Waals surface area (Å²) in [7, 11) is 1.83. The second-order valence-corrected chi connectivity index (χ2v) is 5.78. The average molecular weight is 306 g/mol. The van der Waals surface area contributed by atoms with Gasteiger partial charge in [0.05, 0.1) is 13.2 Å². The number of benzene rings is 1. The zero-order chi connectivity index (χ0) is 15.9. The van der Waals surface area contributed by atoms with Gasteiger partial charge in [0.2, 0.25) is 0 Å². The van der Waals surface area contributed by atoms with E-state index in [4.69, 9.17) is 9.47 Å². The van der Waals surface area contributed by atoms with Gasteiger partial charge in [0.25, 0.3) is 5.91 Å². The van der Waals surface area contributed by atoms with E-state index in [0.717, 1.165) is 56.3 Å². The molecule has 2 rings (SSSR count). The zero-order valence-electron chi connectivity index (χ0n) is 13.8. The van der Waals surface area contributed by atoms with Crippen LogP contribution in [-0.2, 0) is 9.53 Å². The molecule has 0 aliphatic carbocycles. The average Bonchev–Trinajstić information content (AvgIpc) is 2.53. The summed E-state index contributed by atoms with van der Waals surface area (Å²) in [6.07, 6.45) is 0. The van der Waals surface area contributed by atoms with E-state index in [1.165, 1.54) is 0 Å². The maximum atomic E-state index is 12.2. The van der Waals surface area contributed by atoms with Crippen molar-refractivity contribution in [1.29, 1.82) is 0 Å². The maximum Gasteiger partial charge on any atom is 0.260 e. The number of morpholine rings is 1. The number of carbonyl (C=O) groups is 1. The van der Waals surface area contributed by atoms with Crippen LogP contribution in [0.15, 0.2) is 18.2 Å². The number of amides is 1. The predicted molar refractivity (Wildman–Crippen MR) is 86.3 cm³/mol. The molecule has 0 atom stereocenters. The largest absolute Gasteiger partial charge is 0.483 e. The number of aryl methyl sites for hydroxylation is 2. The summed E-state index contributed by atoms with van der Waals surface area (Å²) in [5.74, 6) is 0.827. The topological polar surface area (TPSA) is 42.0 Å². The van der Waals surface area contributed by atoms with Crippen molar-refractivity contribution in [3.8, 4) is 5.75 Å². The molecule has 1 amide bonds. The van der Waals surface area contributed by atoms with Crippen LogP contribution in [0.25, 0.3) is 0 Å². The Balaban J connectivity index is 1.76. The van der Waals surface area contributed by atoms with E-state index in [9.17, 15) is 4.79 Å². The Morgan fingerprint density at radius 2 is 1.91 bits per heavy atom. The number of ether oxygens (including phenoxy) is 2. The van der Waals surface area contributed by atoms with Crippen molar-refractivity contribution in [2.75, 3.05) is 53.0 Å². The zero-order valence-corrected chi connectivity index (χ0v) is 13.8. The van der Waals surface area contributed by atoms with Gasteiger partial charge in [0.15, 0.2) is 6.61 Å². The van der Waals surface area contributed by atoms with Gasteiger partial charge >= 0.3 is 0 Å². The van der Waals surface area contributed by atoms with Gasteiger partial charge in [-0.1, -0.05) is 18.2 Å². The Bertz CT molecular complexity index is 478. The highest BCUT2D eigenvalue weighted by atomic mass is 16.5. The van der Waals surface area contributed by atoms with Crippen molar-refractivity contribution in [3.05, 3.63) is 29.3 Å². The highest BCUT2D eigenvalue weighted by Gasteiger charge is 2.14. The van der Waals surface area contributed by atoms with Gasteiger partial charge in [-0.15, -0.1) is 0 Å². The quantitative estimate of drug-likeness (QED) is 0.798. The lowest BCUT2D eigenvalue weighted by Crippen LogP contribution is -2.42. The Hall–Kier alpha value is -1.59. The van der Waals surface area contributed by atoms with Crippen molar-refractivity contribution in [2.45, 2.75) is 13.8 Å². The van der Waals surface area contributed by atoms with Crippen LogP contribution in [0.4, 0.5) is 0 Å². The first kappa shape index (κ1) is 16.8. The summed E-state index contributed by atoms with van der Waals surface area (Å²) in [6, 6.07) is 5.98. The van der Waals surface area contributed by atoms with Crippen LogP contribution >= 0.6 is 0 Å². The fourth-order valence-corrected chi connectivity index (χ4v) is 2.51. The first-order valence-corrected chi connectivity index (χ1v) is 7.81. The molecule has 1 heterocycles. The van der Waals surface area contributed by atoms with Crippen LogP contribution in [-0.4, -0.2) is 68.8 Å². The fourth-order valence-electron chi connectivity index (χ4n) is 2.51. The van der Waals surface area contributed by atoms with Crippen LogP contribution in [0, 0.1) is 13.8 Å². The molecule has 1 aliphatic rings. The van der Waals surface area contributed by atoms with E-state index >= 15 is 0 Å². The smallest absolute Gasteiger partial charge is 0.260 e. The summed E-state index contributed by atoms with van der Waals surface area (Å²) in [6.45, 7) is 9.14. The lowest BCUT2D eigenvalue weighted by atomic mass is 10.1. The van der Waals surface area contributed by atoms with E-state index in [0.29, 0.717) is 0 Å². The SMILES string of the molecule is Cc1cccc(C)c1OCC(=O)N(C)CCN1CCOCC1. The summed E-state index contributed by atoms with van der Waals surface area (Å²) in [5.41, 5.74) is 2.12. The number of likely N-dealkylation sites (N-methyl/N-ethyl adjacent to an activating group) is 1. The van der Waals surface area contributed by atoms with Gasteiger partial charge in [-0.3, -0.25) is 9.69 Å². The molecule has 1 aromatic carbocycles. The molecule has 1 aromatic rings. The number of para-hydroxylation sites is 1. The van der Waals surface area contributed by atoms with Crippen molar-refractivity contribution >= 4 is 5.91 Å². The lowest BCUT2D eigenvalue weighted by Gasteiger charge is -2.28. The highest BCUT2D eigenvalue weighted by molar-refractivity contribution is 5.77. The Morgan fingerprint density at radius 1 is 1.27 bits per heavy atom. The van der Waals surface area contributed by atoms with E-state index in [1.54, 1.807) is 4.90 Å². The van der Waals surface area contributed by atoms with Gasteiger partial charge in [0.1, 0.15) is 5.75 Å². The molecule has 5 heteroatoms. The van der Waals surface area contributed by atoms with Crippen molar-refractivity contribution in [2.24, 2.45) is 0 Å². The molecule has 5 nitrogen and oxygen atoms in total.